The van der Waals surface area contributed by atoms with Gasteiger partial charge in [0.25, 0.3) is 0 Å². The van der Waals surface area contributed by atoms with Gasteiger partial charge in [0.2, 0.25) is 0 Å². The van der Waals surface area contributed by atoms with Crippen LogP contribution >= 0.6 is 0 Å². The second kappa shape index (κ2) is 9.08. The Bertz CT molecular complexity index is 961. The predicted molar refractivity (Wildman–Crippen MR) is 129 cm³/mol. The third-order valence-corrected chi connectivity index (χ3v) is 5.96. The van der Waals surface area contributed by atoms with Crippen LogP contribution in [0.4, 0.5) is 0 Å². The van der Waals surface area contributed by atoms with Crippen molar-refractivity contribution >= 4 is 0 Å². The lowest BCUT2D eigenvalue weighted by molar-refractivity contribution is 0.459. The van der Waals surface area contributed by atoms with Gasteiger partial charge in [0.15, 0.2) is 0 Å². The fraction of sp³-hybridized carbons (Fsp3) is 0.379. The maximum absolute atomic E-state index is 5.99. The average Bonchev–Trinajstić information content (AvgIpc) is 2.68. The van der Waals surface area contributed by atoms with Crippen molar-refractivity contribution in [2.24, 2.45) is 0 Å². The summed E-state index contributed by atoms with van der Waals surface area (Å²) in [5.41, 5.74) is 5.97. The number of benzene rings is 3. The van der Waals surface area contributed by atoms with Crippen molar-refractivity contribution in [2.75, 3.05) is 0 Å². The number of aryl methyl sites for hydroxylation is 2. The Morgan fingerprint density at radius 2 is 1.43 bits per heavy atom. The number of rotatable bonds is 7. The van der Waals surface area contributed by atoms with Gasteiger partial charge in [-0.3, -0.25) is 0 Å². The SMILES string of the molecule is Cc1cc(C(C)(C)CCCc2cccc(Oc3ccccc3)c2)ccc1C(C)(C)C. The normalized spacial score (nSPS) is 12.1. The van der Waals surface area contributed by atoms with Gasteiger partial charge in [-0.2, -0.15) is 0 Å². The zero-order valence-electron chi connectivity index (χ0n) is 19.5. The summed E-state index contributed by atoms with van der Waals surface area (Å²) in [7, 11) is 0. The maximum atomic E-state index is 5.99. The van der Waals surface area contributed by atoms with Gasteiger partial charge in [-0.1, -0.05) is 83.1 Å². The Morgan fingerprint density at radius 3 is 2.10 bits per heavy atom. The van der Waals surface area contributed by atoms with Gasteiger partial charge in [0.1, 0.15) is 11.5 Å². The Morgan fingerprint density at radius 1 is 0.733 bits per heavy atom. The molecule has 0 saturated carbocycles. The Labute approximate surface area is 183 Å². The maximum Gasteiger partial charge on any atom is 0.127 e. The first-order valence-corrected chi connectivity index (χ1v) is 11.1. The van der Waals surface area contributed by atoms with Crippen LogP contribution in [0.2, 0.25) is 0 Å². The minimum absolute atomic E-state index is 0.166. The van der Waals surface area contributed by atoms with Crippen molar-refractivity contribution in [3.8, 4) is 11.5 Å². The van der Waals surface area contributed by atoms with E-state index in [1.54, 1.807) is 0 Å². The lowest BCUT2D eigenvalue weighted by atomic mass is 9.76. The molecule has 0 aromatic heterocycles. The van der Waals surface area contributed by atoms with Crippen LogP contribution in [0.3, 0.4) is 0 Å². The van der Waals surface area contributed by atoms with Crippen LogP contribution in [0, 0.1) is 6.92 Å². The molecule has 0 amide bonds. The van der Waals surface area contributed by atoms with Gasteiger partial charge in [0, 0.05) is 0 Å². The lowest BCUT2D eigenvalue weighted by Gasteiger charge is -2.28. The van der Waals surface area contributed by atoms with E-state index in [1.165, 1.54) is 22.3 Å². The standard InChI is InChI=1S/C29H36O/c1-22-20-24(17-18-27(22)28(2,3)4)29(5,6)19-11-13-23-12-10-16-26(21-23)30-25-14-8-7-9-15-25/h7-10,12,14-18,20-21H,11,13,19H2,1-6H3. The van der Waals surface area contributed by atoms with Crippen molar-refractivity contribution < 1.29 is 4.74 Å². The first kappa shape index (κ1) is 22.2. The zero-order chi connectivity index (χ0) is 21.8. The minimum atomic E-state index is 0.166. The second-order valence-corrected chi connectivity index (χ2v) is 10.1. The summed E-state index contributed by atoms with van der Waals surface area (Å²) in [5, 5.41) is 0. The van der Waals surface area contributed by atoms with E-state index in [0.717, 1.165) is 30.8 Å². The van der Waals surface area contributed by atoms with E-state index in [0.29, 0.717) is 0 Å². The van der Waals surface area contributed by atoms with Gasteiger partial charge in [-0.05, 0) is 83.5 Å². The molecule has 0 spiro atoms. The quantitative estimate of drug-likeness (QED) is 0.387. The molecule has 0 aliphatic heterocycles. The molecule has 0 fully saturated rings. The molecule has 0 bridgehead atoms. The largest absolute Gasteiger partial charge is 0.457 e. The summed E-state index contributed by atoms with van der Waals surface area (Å²) < 4.78 is 5.99. The van der Waals surface area contributed by atoms with Crippen LogP contribution in [0.25, 0.3) is 0 Å². The van der Waals surface area contributed by atoms with E-state index in [1.807, 2.05) is 36.4 Å². The lowest BCUT2D eigenvalue weighted by Crippen LogP contribution is -2.19. The van der Waals surface area contributed by atoms with Gasteiger partial charge < -0.3 is 4.74 Å². The average molecular weight is 401 g/mol. The second-order valence-electron chi connectivity index (χ2n) is 10.1. The van der Waals surface area contributed by atoms with E-state index < -0.39 is 0 Å². The molecule has 3 rings (SSSR count). The molecule has 1 heteroatoms. The van der Waals surface area contributed by atoms with Crippen LogP contribution < -0.4 is 4.74 Å². The summed E-state index contributed by atoms with van der Waals surface area (Å²) in [6.45, 7) is 13.8. The monoisotopic (exact) mass is 400 g/mol. The topological polar surface area (TPSA) is 9.23 Å². The van der Waals surface area contributed by atoms with E-state index in [-0.39, 0.29) is 10.8 Å². The van der Waals surface area contributed by atoms with Crippen molar-refractivity contribution in [3.63, 3.8) is 0 Å². The molecule has 30 heavy (non-hydrogen) atoms. The Balaban J connectivity index is 1.62. The van der Waals surface area contributed by atoms with Gasteiger partial charge in [-0.25, -0.2) is 0 Å². The molecule has 0 saturated heterocycles. The molecule has 3 aromatic carbocycles. The van der Waals surface area contributed by atoms with Crippen molar-refractivity contribution in [1.29, 1.82) is 0 Å². The minimum Gasteiger partial charge on any atom is -0.457 e. The van der Waals surface area contributed by atoms with Crippen LogP contribution in [0.1, 0.15) is 69.7 Å². The summed E-state index contributed by atoms with van der Waals surface area (Å²) in [6.07, 6.45) is 3.38. The molecule has 3 aromatic rings. The van der Waals surface area contributed by atoms with Gasteiger partial charge in [0.05, 0.1) is 0 Å². The third-order valence-electron chi connectivity index (χ3n) is 5.96. The van der Waals surface area contributed by atoms with Crippen LogP contribution in [-0.2, 0) is 17.3 Å². The fourth-order valence-corrected chi connectivity index (χ4v) is 4.19. The van der Waals surface area contributed by atoms with Gasteiger partial charge >= 0.3 is 0 Å². The van der Waals surface area contributed by atoms with E-state index >= 15 is 0 Å². The molecule has 0 atom stereocenters. The summed E-state index contributed by atoms with van der Waals surface area (Å²) >= 11 is 0. The Kier molecular flexibility index (Phi) is 6.71. The molecule has 1 nitrogen and oxygen atoms in total. The molecule has 158 valence electrons. The van der Waals surface area contributed by atoms with E-state index in [9.17, 15) is 0 Å². The third kappa shape index (κ3) is 5.75. The van der Waals surface area contributed by atoms with Crippen molar-refractivity contribution in [2.45, 2.75) is 71.6 Å². The van der Waals surface area contributed by atoms with Gasteiger partial charge in [-0.15, -0.1) is 0 Å². The van der Waals surface area contributed by atoms with Crippen LogP contribution in [-0.4, -0.2) is 0 Å². The highest BCUT2D eigenvalue weighted by Crippen LogP contribution is 2.33. The fourth-order valence-electron chi connectivity index (χ4n) is 4.19. The summed E-state index contributed by atoms with van der Waals surface area (Å²) in [5.74, 6) is 1.79. The van der Waals surface area contributed by atoms with E-state index in [4.69, 9.17) is 4.74 Å². The smallest absolute Gasteiger partial charge is 0.127 e. The van der Waals surface area contributed by atoms with Crippen LogP contribution in [0.15, 0.2) is 72.8 Å². The number of hydrogen-bond acceptors (Lipinski definition) is 1. The number of ether oxygens (including phenoxy) is 1. The first-order valence-electron chi connectivity index (χ1n) is 11.1. The zero-order valence-corrected chi connectivity index (χ0v) is 19.5. The molecule has 0 aliphatic carbocycles. The molecule has 0 unspecified atom stereocenters. The van der Waals surface area contributed by atoms with Crippen molar-refractivity contribution in [3.05, 3.63) is 95.1 Å². The summed E-state index contributed by atoms with van der Waals surface area (Å²) in [6, 6.07) is 25.5. The Hall–Kier alpha value is -2.54. The number of hydrogen-bond donors (Lipinski definition) is 0. The number of para-hydroxylation sites is 1. The molecule has 0 N–H and O–H groups in total. The highest BCUT2D eigenvalue weighted by molar-refractivity contribution is 5.38. The summed E-state index contributed by atoms with van der Waals surface area (Å²) in [4.78, 5) is 0. The highest BCUT2D eigenvalue weighted by atomic mass is 16.5. The van der Waals surface area contributed by atoms with Crippen LogP contribution in [0.5, 0.6) is 11.5 Å². The molecule has 0 heterocycles. The highest BCUT2D eigenvalue weighted by Gasteiger charge is 2.23. The first-order chi connectivity index (χ1) is 14.1. The van der Waals surface area contributed by atoms with Crippen molar-refractivity contribution in [1.82, 2.24) is 0 Å². The molecule has 0 radical (unpaired) electrons. The predicted octanol–water partition coefficient (Wildman–Crippen LogP) is 8.39. The van der Waals surface area contributed by atoms with E-state index in [2.05, 4.69) is 77.9 Å². The molecular weight excluding hydrogens is 364 g/mol. The molecular formula is C29H36O. The molecule has 0 aliphatic rings.